The van der Waals surface area contributed by atoms with Gasteiger partial charge in [0, 0.05) is 25.3 Å². The molecular formula is C25H32N2O3S. The molecule has 3 aromatic rings. The van der Waals surface area contributed by atoms with Gasteiger partial charge < -0.3 is 4.74 Å². The summed E-state index contributed by atoms with van der Waals surface area (Å²) < 4.78 is 29.6. The first-order valence-corrected chi connectivity index (χ1v) is 12.5. The summed E-state index contributed by atoms with van der Waals surface area (Å²) in [5, 5.41) is -0.135. The Balaban J connectivity index is 0.00000166. The zero-order chi connectivity index (χ0) is 23.0. The summed E-state index contributed by atoms with van der Waals surface area (Å²) in [6.45, 7) is 10.0. The molecule has 0 aliphatic carbocycles. The van der Waals surface area contributed by atoms with E-state index in [9.17, 15) is 8.42 Å². The van der Waals surface area contributed by atoms with Gasteiger partial charge in [-0.05, 0) is 49.6 Å². The molecule has 0 aliphatic rings. The van der Waals surface area contributed by atoms with Crippen molar-refractivity contribution in [3.8, 4) is 5.75 Å². The molecule has 0 saturated heterocycles. The topological polar surface area (TPSA) is 69.2 Å². The van der Waals surface area contributed by atoms with Gasteiger partial charge in [0.1, 0.15) is 5.75 Å². The zero-order valence-electron chi connectivity index (χ0n) is 19.2. The second-order valence-electron chi connectivity index (χ2n) is 7.55. The number of sulfone groups is 1. The highest BCUT2D eigenvalue weighted by molar-refractivity contribution is 7.90. The van der Waals surface area contributed by atoms with Crippen LogP contribution < -0.4 is 4.74 Å². The Morgan fingerprint density at radius 2 is 1.45 bits per heavy atom. The average molecular weight is 441 g/mol. The van der Waals surface area contributed by atoms with Gasteiger partial charge in [0.05, 0.1) is 11.8 Å². The molecule has 0 amide bonds. The molecule has 31 heavy (non-hydrogen) atoms. The van der Waals surface area contributed by atoms with E-state index in [1.165, 1.54) is 5.56 Å². The lowest BCUT2D eigenvalue weighted by Gasteiger charge is -2.12. The first-order chi connectivity index (χ1) is 14.7. The lowest BCUT2D eigenvalue weighted by molar-refractivity contribution is 0.242. The largest absolute Gasteiger partial charge is 0.491 e. The number of aromatic nitrogens is 2. The Kier molecular flexibility index (Phi) is 8.75. The predicted molar refractivity (Wildman–Crippen MR) is 125 cm³/mol. The van der Waals surface area contributed by atoms with Crippen LogP contribution in [0, 0.1) is 6.92 Å². The number of nitrogens with zero attached hydrogens (tertiary/aromatic N) is 2. The van der Waals surface area contributed by atoms with Crippen LogP contribution >= 0.6 is 0 Å². The van der Waals surface area contributed by atoms with Crippen LogP contribution in [0.4, 0.5) is 0 Å². The lowest BCUT2D eigenvalue weighted by Crippen LogP contribution is -2.10. The molecule has 0 N–H and O–H groups in total. The second kappa shape index (κ2) is 11.0. The Labute approximate surface area is 186 Å². The quantitative estimate of drug-likeness (QED) is 0.473. The van der Waals surface area contributed by atoms with Crippen molar-refractivity contribution in [2.75, 3.05) is 6.26 Å². The minimum absolute atomic E-state index is 0.124. The summed E-state index contributed by atoms with van der Waals surface area (Å²) in [6, 6.07) is 16.1. The summed E-state index contributed by atoms with van der Waals surface area (Å²) >= 11 is 0. The van der Waals surface area contributed by atoms with E-state index in [0.29, 0.717) is 12.8 Å². The summed E-state index contributed by atoms with van der Waals surface area (Å²) in [4.78, 5) is 8.49. The standard InChI is InChI=1S/C23H26N2O3S.C2H6/c1-16(2)28-21-11-9-18(10-12-21)13-20-15-24-23(29(4,26)27)25-22(20)14-19-7-5-17(3)6-8-19;1-2/h5-12,15-16H,13-14H2,1-4H3;1-2H3. The fourth-order valence-electron chi connectivity index (χ4n) is 2.98. The van der Waals surface area contributed by atoms with Gasteiger partial charge in [-0.15, -0.1) is 0 Å². The first-order valence-electron chi connectivity index (χ1n) is 10.6. The highest BCUT2D eigenvalue weighted by atomic mass is 32.2. The third-order valence-corrected chi connectivity index (χ3v) is 5.31. The minimum Gasteiger partial charge on any atom is -0.491 e. The van der Waals surface area contributed by atoms with Crippen molar-refractivity contribution in [2.45, 2.75) is 58.7 Å². The van der Waals surface area contributed by atoms with Gasteiger partial charge in [-0.1, -0.05) is 55.8 Å². The third-order valence-electron chi connectivity index (χ3n) is 4.45. The van der Waals surface area contributed by atoms with Gasteiger partial charge in [-0.25, -0.2) is 18.4 Å². The molecule has 3 rings (SSSR count). The molecule has 0 atom stereocenters. The Hall–Kier alpha value is -2.73. The molecule has 5 nitrogen and oxygen atoms in total. The molecule has 0 fully saturated rings. The van der Waals surface area contributed by atoms with E-state index in [4.69, 9.17) is 4.74 Å². The van der Waals surface area contributed by atoms with E-state index in [1.807, 2.05) is 83.1 Å². The van der Waals surface area contributed by atoms with Gasteiger partial charge in [0.25, 0.3) is 0 Å². The minimum atomic E-state index is -3.47. The van der Waals surface area contributed by atoms with Gasteiger partial charge in [-0.3, -0.25) is 0 Å². The van der Waals surface area contributed by atoms with Crippen LogP contribution in [-0.2, 0) is 22.7 Å². The van der Waals surface area contributed by atoms with Crippen LogP contribution in [0.25, 0.3) is 0 Å². The molecule has 0 spiro atoms. The van der Waals surface area contributed by atoms with Crippen LogP contribution in [0.3, 0.4) is 0 Å². The van der Waals surface area contributed by atoms with E-state index in [1.54, 1.807) is 6.20 Å². The summed E-state index contributed by atoms with van der Waals surface area (Å²) in [6.07, 6.45) is 4.05. The summed E-state index contributed by atoms with van der Waals surface area (Å²) in [5.74, 6) is 0.826. The maximum absolute atomic E-state index is 11.9. The highest BCUT2D eigenvalue weighted by Gasteiger charge is 2.15. The predicted octanol–water partition coefficient (Wildman–Crippen LogP) is 5.18. The monoisotopic (exact) mass is 440 g/mol. The van der Waals surface area contributed by atoms with Crippen molar-refractivity contribution in [1.82, 2.24) is 9.97 Å². The van der Waals surface area contributed by atoms with Gasteiger partial charge in [0.2, 0.25) is 15.0 Å². The van der Waals surface area contributed by atoms with Crippen LogP contribution in [0.2, 0.25) is 0 Å². The van der Waals surface area contributed by atoms with Crippen LogP contribution in [-0.4, -0.2) is 30.7 Å². The van der Waals surface area contributed by atoms with Crippen molar-refractivity contribution in [3.63, 3.8) is 0 Å². The van der Waals surface area contributed by atoms with E-state index in [0.717, 1.165) is 34.4 Å². The summed E-state index contributed by atoms with van der Waals surface area (Å²) in [7, 11) is -3.47. The first kappa shape index (κ1) is 24.5. The smallest absolute Gasteiger partial charge is 0.247 e. The number of hydrogen-bond donors (Lipinski definition) is 0. The number of hydrogen-bond acceptors (Lipinski definition) is 5. The Morgan fingerprint density at radius 1 is 0.903 bits per heavy atom. The van der Waals surface area contributed by atoms with E-state index < -0.39 is 9.84 Å². The van der Waals surface area contributed by atoms with Crippen molar-refractivity contribution in [3.05, 3.63) is 82.7 Å². The third kappa shape index (κ3) is 7.47. The molecular weight excluding hydrogens is 408 g/mol. The maximum atomic E-state index is 11.9. The maximum Gasteiger partial charge on any atom is 0.247 e. The molecule has 0 bridgehead atoms. The molecule has 6 heteroatoms. The summed E-state index contributed by atoms with van der Waals surface area (Å²) in [5.41, 5.74) is 4.98. The van der Waals surface area contributed by atoms with Crippen LogP contribution in [0.1, 0.15) is 55.6 Å². The molecule has 0 saturated carbocycles. The normalized spacial score (nSPS) is 11.1. The second-order valence-corrected chi connectivity index (χ2v) is 9.46. The molecule has 0 unspecified atom stereocenters. The Bertz CT molecular complexity index is 1070. The van der Waals surface area contributed by atoms with Crippen molar-refractivity contribution in [2.24, 2.45) is 0 Å². The molecule has 0 aliphatic heterocycles. The van der Waals surface area contributed by atoms with E-state index >= 15 is 0 Å². The molecule has 166 valence electrons. The van der Waals surface area contributed by atoms with Gasteiger partial charge >= 0.3 is 0 Å². The van der Waals surface area contributed by atoms with Gasteiger partial charge in [-0.2, -0.15) is 0 Å². The number of rotatable bonds is 7. The molecule has 0 radical (unpaired) electrons. The number of aryl methyl sites for hydroxylation is 1. The fourth-order valence-corrected chi connectivity index (χ4v) is 3.50. The van der Waals surface area contributed by atoms with Crippen molar-refractivity contribution >= 4 is 9.84 Å². The van der Waals surface area contributed by atoms with E-state index in [2.05, 4.69) is 9.97 Å². The molecule has 1 aromatic heterocycles. The van der Waals surface area contributed by atoms with Crippen molar-refractivity contribution < 1.29 is 13.2 Å². The number of benzene rings is 2. The average Bonchev–Trinajstić information content (AvgIpc) is 2.73. The van der Waals surface area contributed by atoms with Crippen LogP contribution in [0.5, 0.6) is 5.75 Å². The highest BCUT2D eigenvalue weighted by Crippen LogP contribution is 2.20. The number of ether oxygens (including phenoxy) is 1. The van der Waals surface area contributed by atoms with Crippen molar-refractivity contribution in [1.29, 1.82) is 0 Å². The lowest BCUT2D eigenvalue weighted by atomic mass is 10.0. The van der Waals surface area contributed by atoms with Crippen LogP contribution in [0.15, 0.2) is 59.9 Å². The zero-order valence-corrected chi connectivity index (χ0v) is 20.0. The van der Waals surface area contributed by atoms with E-state index in [-0.39, 0.29) is 11.3 Å². The molecule has 1 heterocycles. The molecule has 2 aromatic carbocycles. The fraction of sp³-hybridized carbons (Fsp3) is 0.360. The SMILES string of the molecule is CC.Cc1ccc(Cc2nc(S(C)(=O)=O)ncc2Cc2ccc(OC(C)C)cc2)cc1. The van der Waals surface area contributed by atoms with Gasteiger partial charge in [0.15, 0.2) is 0 Å². The Morgan fingerprint density at radius 3 is 2.00 bits per heavy atom.